The zero-order chi connectivity index (χ0) is 23.5. The van der Waals surface area contributed by atoms with Gasteiger partial charge in [0.25, 0.3) is 0 Å². The number of rotatable bonds is 7. The number of nitrogens with zero attached hydrogens (tertiary/aromatic N) is 2. The molecule has 5 nitrogen and oxygen atoms in total. The Labute approximate surface area is 204 Å². The molecule has 0 saturated heterocycles. The van der Waals surface area contributed by atoms with Gasteiger partial charge in [-0.25, -0.2) is 9.38 Å². The minimum absolute atomic E-state index is 0.211. The molecule has 1 unspecified atom stereocenters. The number of anilines is 1. The molecule has 34 heavy (non-hydrogen) atoms. The number of benzene rings is 3. The second-order valence-electron chi connectivity index (χ2n) is 7.73. The van der Waals surface area contributed by atoms with E-state index in [9.17, 15) is 8.94 Å². The normalized spacial score (nSPS) is 16.7. The van der Waals surface area contributed by atoms with Gasteiger partial charge in [-0.15, -0.1) is 0 Å². The Morgan fingerprint density at radius 1 is 1.03 bits per heavy atom. The van der Waals surface area contributed by atoms with Crippen LogP contribution in [0.2, 0.25) is 5.02 Å². The smallest absolute Gasteiger partial charge is 0.142 e. The Morgan fingerprint density at radius 3 is 2.65 bits per heavy atom. The van der Waals surface area contributed by atoms with Crippen LogP contribution >= 0.6 is 22.4 Å². The van der Waals surface area contributed by atoms with Gasteiger partial charge >= 0.3 is 0 Å². The second-order valence-corrected chi connectivity index (χ2v) is 9.43. The maximum Gasteiger partial charge on any atom is 0.142 e. The van der Waals surface area contributed by atoms with Gasteiger partial charge in [0.2, 0.25) is 0 Å². The molecule has 172 valence electrons. The van der Waals surface area contributed by atoms with Crippen LogP contribution in [-0.2, 0) is 13.2 Å². The molecule has 0 bridgehead atoms. The van der Waals surface area contributed by atoms with Crippen LogP contribution in [0, 0.1) is 5.82 Å². The van der Waals surface area contributed by atoms with Crippen LogP contribution in [0.15, 0.2) is 101 Å². The molecule has 8 heteroatoms. The fourth-order valence-corrected chi connectivity index (χ4v) is 5.07. The van der Waals surface area contributed by atoms with Gasteiger partial charge in [-0.2, -0.15) is 0 Å². The number of aliphatic imine (C=N–C) groups is 1. The summed E-state index contributed by atoms with van der Waals surface area (Å²) in [5, 5.41) is 5.49. The third-order valence-corrected chi connectivity index (χ3v) is 6.85. The summed E-state index contributed by atoms with van der Waals surface area (Å²) in [6.07, 6.45) is 3.61. The molecule has 2 aliphatic rings. The van der Waals surface area contributed by atoms with E-state index < -0.39 is 10.8 Å². The highest BCUT2D eigenvalue weighted by molar-refractivity contribution is 8.14. The lowest BCUT2D eigenvalue weighted by Crippen LogP contribution is -2.33. The van der Waals surface area contributed by atoms with E-state index in [1.807, 2.05) is 47.4 Å². The van der Waals surface area contributed by atoms with Crippen LogP contribution in [-0.4, -0.2) is 20.8 Å². The standard InChI is InChI=1S/C26H21ClFN3O2S/c27-23-14-21(9-10-24(23)33-16-19-7-4-8-20(28)13-19)30-25-22-11-12-34(32)26(22)31(17-29-25)15-18-5-2-1-3-6-18/h1-14,17,30,32H,15-16H2. The first-order valence-electron chi connectivity index (χ1n) is 10.6. The van der Waals surface area contributed by atoms with E-state index in [-0.39, 0.29) is 12.4 Å². The summed E-state index contributed by atoms with van der Waals surface area (Å²) in [5.41, 5.74) is 3.42. The van der Waals surface area contributed by atoms with E-state index in [1.165, 1.54) is 12.1 Å². The molecule has 1 atom stereocenters. The average molecular weight is 494 g/mol. The molecule has 2 N–H and O–H groups in total. The van der Waals surface area contributed by atoms with Crippen LogP contribution in [0.1, 0.15) is 11.1 Å². The van der Waals surface area contributed by atoms with Gasteiger partial charge in [-0.05, 0) is 63.7 Å². The van der Waals surface area contributed by atoms with E-state index in [0.29, 0.717) is 23.1 Å². The van der Waals surface area contributed by atoms with Gasteiger partial charge in [-0.1, -0.05) is 54.1 Å². The zero-order valence-electron chi connectivity index (χ0n) is 18.0. The van der Waals surface area contributed by atoms with Crippen molar-refractivity contribution in [3.05, 3.63) is 118 Å². The molecule has 0 radical (unpaired) electrons. The highest BCUT2D eigenvalue weighted by Gasteiger charge is 2.26. The van der Waals surface area contributed by atoms with Crippen molar-refractivity contribution >= 4 is 39.4 Å². The van der Waals surface area contributed by atoms with Gasteiger partial charge < -0.3 is 19.5 Å². The number of hydrogen-bond acceptors (Lipinski definition) is 5. The van der Waals surface area contributed by atoms with E-state index in [2.05, 4.69) is 10.3 Å². The first-order chi connectivity index (χ1) is 16.6. The molecule has 0 aromatic heterocycles. The first kappa shape index (κ1) is 22.4. The highest BCUT2D eigenvalue weighted by atomic mass is 35.5. The summed E-state index contributed by atoms with van der Waals surface area (Å²) >= 11 is 6.43. The Kier molecular flexibility index (Phi) is 6.49. The number of hydrogen-bond donors (Lipinski definition) is 2. The fourth-order valence-electron chi connectivity index (χ4n) is 3.70. The quantitative estimate of drug-likeness (QED) is 0.363. The van der Waals surface area contributed by atoms with Gasteiger partial charge in [0, 0.05) is 17.8 Å². The van der Waals surface area contributed by atoms with Gasteiger partial charge in [0.15, 0.2) is 0 Å². The Morgan fingerprint density at radius 2 is 1.85 bits per heavy atom. The molecule has 0 aliphatic carbocycles. The number of nitrogens with one attached hydrogen (secondary N) is 1. The lowest BCUT2D eigenvalue weighted by Gasteiger charge is -2.27. The van der Waals surface area contributed by atoms with Crippen molar-refractivity contribution in [3.8, 4) is 5.75 Å². The van der Waals surface area contributed by atoms with Crippen LogP contribution in [0.5, 0.6) is 5.75 Å². The van der Waals surface area contributed by atoms with Gasteiger partial charge in [0.1, 0.15) is 29.0 Å². The van der Waals surface area contributed by atoms with Crippen molar-refractivity contribution in [3.63, 3.8) is 0 Å². The summed E-state index contributed by atoms with van der Waals surface area (Å²) in [6, 6.07) is 21.7. The molecule has 3 aromatic rings. The number of fused-ring (bicyclic) bond motifs is 1. The average Bonchev–Trinajstić information content (AvgIpc) is 3.23. The SMILES string of the molecule is OS1=C2C(=C(Nc3ccc(OCc4cccc(F)c4)c(Cl)c3)N=CN2Cc2ccccc2)C=C1. The summed E-state index contributed by atoms with van der Waals surface area (Å²) in [7, 11) is -1.00. The highest BCUT2D eigenvalue weighted by Crippen LogP contribution is 2.34. The maximum atomic E-state index is 13.4. The number of ether oxygens (including phenoxy) is 1. The first-order valence-corrected chi connectivity index (χ1v) is 12.2. The van der Waals surface area contributed by atoms with Crippen molar-refractivity contribution < 1.29 is 13.7 Å². The predicted molar refractivity (Wildman–Crippen MR) is 138 cm³/mol. The molecule has 0 saturated carbocycles. The largest absolute Gasteiger partial charge is 0.487 e. The van der Waals surface area contributed by atoms with Crippen LogP contribution < -0.4 is 10.1 Å². The van der Waals surface area contributed by atoms with Crippen molar-refractivity contribution in [2.24, 2.45) is 4.99 Å². The molecule has 5 rings (SSSR count). The summed E-state index contributed by atoms with van der Waals surface area (Å²) in [4.78, 5) is 7.37. The van der Waals surface area contributed by atoms with E-state index in [0.717, 1.165) is 27.4 Å². The van der Waals surface area contributed by atoms with Gasteiger partial charge in [-0.3, -0.25) is 0 Å². The fraction of sp³-hybridized carbons (Fsp3) is 0.0769. The van der Waals surface area contributed by atoms with E-state index in [1.54, 1.807) is 36.0 Å². The Balaban J connectivity index is 1.31. The molecule has 0 amide bonds. The van der Waals surface area contributed by atoms with E-state index in [4.69, 9.17) is 16.3 Å². The maximum absolute atomic E-state index is 13.4. The molecule has 0 fully saturated rings. The molecular weight excluding hydrogens is 473 g/mol. The molecule has 0 spiro atoms. The van der Waals surface area contributed by atoms with Crippen LogP contribution in [0.25, 0.3) is 0 Å². The van der Waals surface area contributed by atoms with Crippen molar-refractivity contribution in [2.75, 3.05) is 5.32 Å². The summed E-state index contributed by atoms with van der Waals surface area (Å²) in [6.45, 7) is 0.828. The molecule has 3 aromatic carbocycles. The van der Waals surface area contributed by atoms with Crippen LogP contribution in [0.3, 0.4) is 0 Å². The minimum Gasteiger partial charge on any atom is -0.487 e. The topological polar surface area (TPSA) is 57.1 Å². The summed E-state index contributed by atoms with van der Waals surface area (Å²) < 4.78 is 29.7. The van der Waals surface area contributed by atoms with Crippen molar-refractivity contribution in [1.29, 1.82) is 0 Å². The Hall–Kier alpha value is -3.39. The van der Waals surface area contributed by atoms with Crippen molar-refractivity contribution in [1.82, 2.24) is 4.90 Å². The lowest BCUT2D eigenvalue weighted by molar-refractivity contribution is 0.306. The molecule has 2 aliphatic heterocycles. The molecular formula is C26H21ClFN3O2S. The second kappa shape index (κ2) is 9.85. The minimum atomic E-state index is -1.00. The third kappa shape index (κ3) is 4.92. The number of halogens is 2. The van der Waals surface area contributed by atoms with Crippen LogP contribution in [0.4, 0.5) is 10.1 Å². The van der Waals surface area contributed by atoms with E-state index >= 15 is 0 Å². The molecule has 2 heterocycles. The monoisotopic (exact) mass is 493 g/mol. The predicted octanol–water partition coefficient (Wildman–Crippen LogP) is 6.62. The third-order valence-electron chi connectivity index (χ3n) is 5.31. The van der Waals surface area contributed by atoms with Crippen molar-refractivity contribution in [2.45, 2.75) is 13.2 Å². The van der Waals surface area contributed by atoms with Gasteiger partial charge in [0.05, 0.1) is 11.4 Å². The zero-order valence-corrected chi connectivity index (χ0v) is 19.6. The lowest BCUT2D eigenvalue weighted by atomic mass is 10.1. The Bertz CT molecular complexity index is 1360. The summed E-state index contributed by atoms with van der Waals surface area (Å²) in [5.74, 6) is 0.823.